The van der Waals surface area contributed by atoms with Crippen molar-refractivity contribution in [3.63, 3.8) is 0 Å². The minimum Gasteiger partial charge on any atom is -0.338 e. The number of carbonyl (C=O) groups is 1. The lowest BCUT2D eigenvalue weighted by Gasteiger charge is -2.38. The summed E-state index contributed by atoms with van der Waals surface area (Å²) >= 11 is 0. The fraction of sp³-hybridized carbons (Fsp3) is 0.444. The third-order valence-corrected chi connectivity index (χ3v) is 5.44. The van der Waals surface area contributed by atoms with Gasteiger partial charge in [0.25, 0.3) is 0 Å². The molecule has 2 fully saturated rings. The summed E-state index contributed by atoms with van der Waals surface area (Å²) in [6, 6.07) is 3.68. The third-order valence-electron chi connectivity index (χ3n) is 5.44. The van der Waals surface area contributed by atoms with Crippen LogP contribution in [0.1, 0.15) is 24.7 Å². The van der Waals surface area contributed by atoms with Crippen LogP contribution in [0, 0.1) is 5.92 Å². The molecular formula is C18H21N7O2. The second-order valence-electron chi connectivity index (χ2n) is 7.08. The maximum atomic E-state index is 12.3. The zero-order valence-electron chi connectivity index (χ0n) is 14.8. The van der Waals surface area contributed by atoms with Crippen molar-refractivity contribution in [1.29, 1.82) is 0 Å². The minimum absolute atomic E-state index is 0.0626. The third kappa shape index (κ3) is 2.98. The van der Waals surface area contributed by atoms with E-state index in [1.165, 1.54) is 0 Å². The fourth-order valence-corrected chi connectivity index (χ4v) is 4.05. The number of aromatic nitrogens is 3. The summed E-state index contributed by atoms with van der Waals surface area (Å²) in [7, 11) is 0. The Balaban J connectivity index is 1.40. The number of allylic oxidation sites excluding steroid dienone is 1. The molecular weight excluding hydrogens is 346 g/mol. The number of fused-ring (bicyclic) bond motifs is 1. The highest BCUT2D eigenvalue weighted by Crippen LogP contribution is 2.34. The molecule has 0 bridgehead atoms. The summed E-state index contributed by atoms with van der Waals surface area (Å²) in [5.41, 5.74) is 5.33. The molecule has 9 nitrogen and oxygen atoms in total. The first-order valence-electron chi connectivity index (χ1n) is 9.29. The van der Waals surface area contributed by atoms with Crippen molar-refractivity contribution in [2.75, 3.05) is 19.6 Å². The van der Waals surface area contributed by atoms with Gasteiger partial charge in [-0.2, -0.15) is 4.98 Å². The number of rotatable bonds is 3. The van der Waals surface area contributed by atoms with Gasteiger partial charge in [-0.1, -0.05) is 5.16 Å². The lowest BCUT2D eigenvalue weighted by molar-refractivity contribution is -0.119. The first kappa shape index (κ1) is 16.4. The van der Waals surface area contributed by atoms with E-state index in [1.807, 2.05) is 12.1 Å². The Kier molecular flexibility index (Phi) is 4.10. The van der Waals surface area contributed by atoms with Crippen LogP contribution in [-0.4, -0.2) is 51.8 Å². The number of nitrogens with zero attached hydrogens (tertiary/aromatic N) is 4. The molecule has 140 valence electrons. The zero-order valence-corrected chi connectivity index (χ0v) is 14.8. The minimum atomic E-state index is -0.224. The van der Waals surface area contributed by atoms with Gasteiger partial charge in [0.15, 0.2) is 0 Å². The van der Waals surface area contributed by atoms with Crippen molar-refractivity contribution in [3.05, 3.63) is 42.2 Å². The molecule has 9 heteroatoms. The van der Waals surface area contributed by atoms with Crippen LogP contribution in [0.25, 0.3) is 11.4 Å². The zero-order chi connectivity index (χ0) is 18.2. The number of hydrazine groups is 1. The van der Waals surface area contributed by atoms with Gasteiger partial charge in [0.1, 0.15) is 6.17 Å². The van der Waals surface area contributed by atoms with Crippen LogP contribution in [0.4, 0.5) is 0 Å². The molecule has 0 radical (unpaired) electrons. The Bertz CT molecular complexity index is 860. The molecule has 27 heavy (non-hydrogen) atoms. The molecule has 2 aromatic rings. The number of nitrogens with one attached hydrogen (secondary N) is 3. The van der Waals surface area contributed by atoms with Crippen molar-refractivity contribution >= 4 is 5.91 Å². The average molecular weight is 367 g/mol. The maximum Gasteiger partial charge on any atom is 0.247 e. The second kappa shape index (κ2) is 6.75. The van der Waals surface area contributed by atoms with E-state index in [1.54, 1.807) is 18.5 Å². The van der Waals surface area contributed by atoms with Crippen LogP contribution in [0.15, 0.2) is 40.8 Å². The lowest BCUT2D eigenvalue weighted by Crippen LogP contribution is -2.53. The monoisotopic (exact) mass is 367 g/mol. The predicted molar refractivity (Wildman–Crippen MR) is 95.7 cm³/mol. The number of carbonyl (C=O) groups excluding carboxylic acids is 1. The van der Waals surface area contributed by atoms with Crippen LogP contribution in [-0.2, 0) is 4.79 Å². The quantitative estimate of drug-likeness (QED) is 0.714. The molecule has 3 aliphatic heterocycles. The normalized spacial score (nSPS) is 25.9. The second-order valence-corrected chi connectivity index (χ2v) is 7.08. The average Bonchev–Trinajstić information content (AvgIpc) is 3.35. The smallest absolute Gasteiger partial charge is 0.247 e. The van der Waals surface area contributed by atoms with Gasteiger partial charge in [-0.15, -0.1) is 0 Å². The van der Waals surface area contributed by atoms with E-state index in [4.69, 9.17) is 4.52 Å². The Hall–Kier alpha value is -2.78. The van der Waals surface area contributed by atoms with Gasteiger partial charge in [0.05, 0.1) is 5.92 Å². The Morgan fingerprint density at radius 3 is 2.81 bits per heavy atom. The van der Waals surface area contributed by atoms with Crippen LogP contribution >= 0.6 is 0 Å². The summed E-state index contributed by atoms with van der Waals surface area (Å²) in [4.78, 5) is 20.9. The summed E-state index contributed by atoms with van der Waals surface area (Å²) < 4.78 is 5.54. The number of pyridine rings is 1. The van der Waals surface area contributed by atoms with E-state index in [2.05, 4.69) is 36.2 Å². The first-order chi connectivity index (χ1) is 13.3. The van der Waals surface area contributed by atoms with Crippen LogP contribution < -0.4 is 16.1 Å². The first-order valence-corrected chi connectivity index (χ1v) is 9.29. The van der Waals surface area contributed by atoms with Gasteiger partial charge in [-0.05, 0) is 38.1 Å². The van der Waals surface area contributed by atoms with Gasteiger partial charge in [0.2, 0.25) is 17.6 Å². The Labute approximate surface area is 156 Å². The number of piperidine rings is 1. The molecule has 0 aromatic carbocycles. The highest BCUT2D eigenvalue weighted by atomic mass is 16.5. The number of amides is 1. The Morgan fingerprint density at radius 1 is 1.19 bits per heavy atom. The van der Waals surface area contributed by atoms with E-state index < -0.39 is 0 Å². The molecule has 2 unspecified atom stereocenters. The van der Waals surface area contributed by atoms with E-state index in [0.29, 0.717) is 24.2 Å². The molecule has 0 saturated carbocycles. The van der Waals surface area contributed by atoms with Crippen molar-refractivity contribution in [2.24, 2.45) is 5.92 Å². The van der Waals surface area contributed by atoms with E-state index in [-0.39, 0.29) is 18.0 Å². The lowest BCUT2D eigenvalue weighted by atomic mass is 9.92. The van der Waals surface area contributed by atoms with E-state index in [0.717, 1.165) is 37.2 Å². The van der Waals surface area contributed by atoms with Gasteiger partial charge in [-0.25, -0.2) is 5.43 Å². The van der Waals surface area contributed by atoms with Gasteiger partial charge in [-0.3, -0.25) is 14.8 Å². The molecule has 5 heterocycles. The van der Waals surface area contributed by atoms with Crippen molar-refractivity contribution < 1.29 is 9.32 Å². The van der Waals surface area contributed by atoms with Gasteiger partial charge < -0.3 is 15.2 Å². The summed E-state index contributed by atoms with van der Waals surface area (Å²) in [5, 5.41) is 12.6. The molecule has 3 N–H and O–H groups in total. The van der Waals surface area contributed by atoms with Crippen molar-refractivity contribution in [1.82, 2.24) is 36.2 Å². The summed E-state index contributed by atoms with van der Waals surface area (Å²) in [6.45, 7) is 2.58. The van der Waals surface area contributed by atoms with Crippen LogP contribution in [0.5, 0.6) is 0 Å². The van der Waals surface area contributed by atoms with E-state index >= 15 is 0 Å². The number of hydrogen-bond acceptors (Lipinski definition) is 8. The molecule has 0 aliphatic carbocycles. The van der Waals surface area contributed by atoms with E-state index in [9.17, 15) is 4.79 Å². The standard InChI is InChI=1S/C18H21N7O2/c26-15-9-14(11-1-5-19-6-2-11)25-17(22-15)13(10-21-25)18-23-16(24-27-18)12-3-7-20-8-4-12/h3-4,7-9,11,13,17,19,21H,1-2,5-6,10H2,(H,22,26). The Morgan fingerprint density at radius 2 is 2.00 bits per heavy atom. The summed E-state index contributed by atoms with van der Waals surface area (Å²) in [5.74, 6) is 1.26. The molecule has 2 saturated heterocycles. The highest BCUT2D eigenvalue weighted by molar-refractivity contribution is 5.89. The van der Waals surface area contributed by atoms with Crippen LogP contribution in [0.3, 0.4) is 0 Å². The maximum absolute atomic E-state index is 12.3. The summed E-state index contributed by atoms with van der Waals surface area (Å²) in [6.07, 6.45) is 6.95. The van der Waals surface area contributed by atoms with Crippen molar-refractivity contribution in [2.45, 2.75) is 24.9 Å². The number of hydrogen-bond donors (Lipinski definition) is 3. The molecule has 2 atom stereocenters. The highest BCUT2D eigenvalue weighted by Gasteiger charge is 2.44. The molecule has 2 aromatic heterocycles. The molecule has 0 spiro atoms. The van der Waals surface area contributed by atoms with Gasteiger partial charge in [0, 0.05) is 42.2 Å². The SMILES string of the molecule is O=C1C=C(C2CCNCC2)N2NCC(c3nc(-c4ccncc4)no3)C2N1. The molecule has 3 aliphatic rings. The topological polar surface area (TPSA) is 108 Å². The fourth-order valence-electron chi connectivity index (χ4n) is 4.05. The predicted octanol–water partition coefficient (Wildman–Crippen LogP) is 0.375. The molecule has 1 amide bonds. The van der Waals surface area contributed by atoms with Crippen LogP contribution in [0.2, 0.25) is 0 Å². The largest absolute Gasteiger partial charge is 0.338 e. The molecule has 5 rings (SSSR count). The van der Waals surface area contributed by atoms with Crippen molar-refractivity contribution in [3.8, 4) is 11.4 Å². The van der Waals surface area contributed by atoms with Gasteiger partial charge >= 0.3 is 0 Å².